The number of ether oxygens (including phenoxy) is 1. The fraction of sp³-hybridized carbons (Fsp3) is 0.450. The summed E-state index contributed by atoms with van der Waals surface area (Å²) < 4.78 is 7.36. The molecule has 140 valence electrons. The van der Waals surface area contributed by atoms with Gasteiger partial charge >= 0.3 is 0 Å². The van der Waals surface area contributed by atoms with E-state index in [2.05, 4.69) is 17.1 Å². The molecule has 5 nitrogen and oxygen atoms in total. The van der Waals surface area contributed by atoms with Crippen LogP contribution in [-0.4, -0.2) is 48.2 Å². The summed E-state index contributed by atoms with van der Waals surface area (Å²) in [5, 5.41) is 3.66. The van der Waals surface area contributed by atoms with Gasteiger partial charge in [-0.3, -0.25) is 4.79 Å². The van der Waals surface area contributed by atoms with E-state index in [9.17, 15) is 4.79 Å². The van der Waals surface area contributed by atoms with Gasteiger partial charge in [-0.25, -0.2) is 0 Å². The molecule has 0 unspecified atom stereocenters. The molecular formula is C20H26ClN3O2. The lowest BCUT2D eigenvalue weighted by atomic mass is 10.0. The van der Waals surface area contributed by atoms with E-state index in [0.717, 1.165) is 38.2 Å². The third-order valence-electron chi connectivity index (χ3n) is 4.86. The highest BCUT2D eigenvalue weighted by Crippen LogP contribution is 2.30. The first-order chi connectivity index (χ1) is 12.6. The molecule has 1 saturated heterocycles. The lowest BCUT2D eigenvalue weighted by molar-refractivity contribution is 0.0908. The number of hydrogen-bond acceptors (Lipinski definition) is 3. The molecule has 1 aromatic heterocycles. The number of carbonyl (C=O) groups excluding carboxylic acids is 1. The number of likely N-dealkylation sites (tertiary alicyclic amines) is 1. The summed E-state index contributed by atoms with van der Waals surface area (Å²) in [6, 6.07) is 7.55. The lowest BCUT2D eigenvalue weighted by Gasteiger charge is -2.32. The Hall–Kier alpha value is -1.98. The van der Waals surface area contributed by atoms with Crippen LogP contribution < -0.4 is 10.1 Å². The number of halogens is 1. The molecule has 1 aromatic carbocycles. The molecule has 1 aliphatic heterocycles. The molecule has 1 aliphatic rings. The number of benzene rings is 1. The minimum absolute atomic E-state index is 0.128. The largest absolute Gasteiger partial charge is 0.496 e. The summed E-state index contributed by atoms with van der Waals surface area (Å²) in [7, 11) is 1.57. The number of hydrogen-bond donors (Lipinski definition) is 1. The Bertz CT molecular complexity index is 738. The Morgan fingerprint density at radius 3 is 2.58 bits per heavy atom. The van der Waals surface area contributed by atoms with E-state index in [-0.39, 0.29) is 11.9 Å². The Kier molecular flexibility index (Phi) is 6.22. The first-order valence-electron chi connectivity index (χ1n) is 9.16. The number of nitrogens with zero attached hydrogens (tertiary/aromatic N) is 2. The summed E-state index contributed by atoms with van der Waals surface area (Å²) in [5.41, 5.74) is 1.27. The maximum absolute atomic E-state index is 12.8. The Balaban J connectivity index is 1.72. The van der Waals surface area contributed by atoms with E-state index in [0.29, 0.717) is 16.3 Å². The van der Waals surface area contributed by atoms with Crippen molar-refractivity contribution in [2.45, 2.75) is 32.2 Å². The molecule has 2 heterocycles. The quantitative estimate of drug-likeness (QED) is 0.836. The zero-order valence-corrected chi connectivity index (χ0v) is 16.1. The van der Waals surface area contributed by atoms with Gasteiger partial charge in [-0.05, 0) is 44.0 Å². The zero-order chi connectivity index (χ0) is 18.5. The molecule has 0 radical (unpaired) electrons. The average molecular weight is 376 g/mol. The van der Waals surface area contributed by atoms with Gasteiger partial charge in [0.15, 0.2) is 0 Å². The third-order valence-corrected chi connectivity index (χ3v) is 5.16. The van der Waals surface area contributed by atoms with Crippen molar-refractivity contribution < 1.29 is 9.53 Å². The van der Waals surface area contributed by atoms with Crippen LogP contribution in [0.2, 0.25) is 5.02 Å². The van der Waals surface area contributed by atoms with Crippen molar-refractivity contribution in [2.75, 3.05) is 26.7 Å². The van der Waals surface area contributed by atoms with Gasteiger partial charge in [0, 0.05) is 37.6 Å². The summed E-state index contributed by atoms with van der Waals surface area (Å²) in [6.45, 7) is 5.39. The van der Waals surface area contributed by atoms with Gasteiger partial charge in [0.25, 0.3) is 5.91 Å². The molecule has 26 heavy (non-hydrogen) atoms. The molecule has 0 saturated carbocycles. The average Bonchev–Trinajstić information content (AvgIpc) is 3.17. The number of piperidine rings is 1. The second-order valence-electron chi connectivity index (χ2n) is 6.68. The number of aromatic nitrogens is 1. The second-order valence-corrected chi connectivity index (χ2v) is 7.09. The molecule has 3 rings (SSSR count). The standard InChI is InChI=1S/C20H26ClN3O2/c1-3-8-23-11-6-15(7-12-23)22-20(25)16-13-17(21)18(14-19(16)26-2)24-9-4-5-10-24/h4-5,9-10,13-15H,3,6-8,11-12H2,1-2H3,(H,22,25). The van der Waals surface area contributed by atoms with Crippen LogP contribution in [0.5, 0.6) is 5.75 Å². The molecule has 2 aromatic rings. The van der Waals surface area contributed by atoms with Gasteiger partial charge in [0.1, 0.15) is 5.75 Å². The number of nitrogens with one attached hydrogen (secondary N) is 1. The van der Waals surface area contributed by atoms with E-state index in [1.807, 2.05) is 29.1 Å². The van der Waals surface area contributed by atoms with Crippen molar-refractivity contribution in [3.8, 4) is 11.4 Å². The van der Waals surface area contributed by atoms with Crippen molar-refractivity contribution in [3.63, 3.8) is 0 Å². The zero-order valence-electron chi connectivity index (χ0n) is 15.4. The Morgan fingerprint density at radius 2 is 1.96 bits per heavy atom. The van der Waals surface area contributed by atoms with Gasteiger partial charge in [-0.15, -0.1) is 0 Å². The van der Waals surface area contributed by atoms with Crippen LogP contribution >= 0.6 is 11.6 Å². The second kappa shape index (κ2) is 8.60. The van der Waals surface area contributed by atoms with Crippen LogP contribution in [0.25, 0.3) is 5.69 Å². The molecule has 1 amide bonds. The fourth-order valence-electron chi connectivity index (χ4n) is 3.46. The van der Waals surface area contributed by atoms with Crippen LogP contribution in [0.1, 0.15) is 36.5 Å². The van der Waals surface area contributed by atoms with Crippen LogP contribution in [0.3, 0.4) is 0 Å². The maximum atomic E-state index is 12.8. The van der Waals surface area contributed by atoms with E-state index in [1.165, 1.54) is 6.42 Å². The van der Waals surface area contributed by atoms with Crippen molar-refractivity contribution in [2.24, 2.45) is 0 Å². The Morgan fingerprint density at radius 1 is 1.27 bits per heavy atom. The Labute approximate surface area is 159 Å². The van der Waals surface area contributed by atoms with Gasteiger partial charge in [0.05, 0.1) is 23.4 Å². The number of carbonyl (C=O) groups is 1. The van der Waals surface area contributed by atoms with Crippen molar-refractivity contribution in [3.05, 3.63) is 47.2 Å². The molecular weight excluding hydrogens is 350 g/mol. The highest BCUT2D eigenvalue weighted by Gasteiger charge is 2.23. The first-order valence-corrected chi connectivity index (χ1v) is 9.54. The van der Waals surface area contributed by atoms with Gasteiger partial charge in [0.2, 0.25) is 0 Å². The fourth-order valence-corrected chi connectivity index (χ4v) is 3.72. The smallest absolute Gasteiger partial charge is 0.255 e. The number of amides is 1. The monoisotopic (exact) mass is 375 g/mol. The van der Waals surface area contributed by atoms with Crippen molar-refractivity contribution in [1.29, 1.82) is 0 Å². The SMILES string of the molecule is CCCN1CCC(NC(=O)c2cc(Cl)c(-n3cccc3)cc2OC)CC1. The predicted octanol–water partition coefficient (Wildman–Crippen LogP) is 3.74. The third kappa shape index (κ3) is 4.22. The molecule has 1 fully saturated rings. The van der Waals surface area contributed by atoms with Gasteiger partial charge < -0.3 is 19.5 Å². The van der Waals surface area contributed by atoms with Gasteiger partial charge in [-0.1, -0.05) is 18.5 Å². The van der Waals surface area contributed by atoms with E-state index in [4.69, 9.17) is 16.3 Å². The van der Waals surface area contributed by atoms with E-state index in [1.54, 1.807) is 19.2 Å². The molecule has 0 bridgehead atoms. The van der Waals surface area contributed by atoms with Crippen LogP contribution in [0.15, 0.2) is 36.7 Å². The van der Waals surface area contributed by atoms with Gasteiger partial charge in [-0.2, -0.15) is 0 Å². The number of rotatable bonds is 6. The normalized spacial score (nSPS) is 15.8. The predicted molar refractivity (Wildman–Crippen MR) is 105 cm³/mol. The summed E-state index contributed by atoms with van der Waals surface area (Å²) >= 11 is 6.43. The molecule has 1 N–H and O–H groups in total. The highest BCUT2D eigenvalue weighted by atomic mass is 35.5. The summed E-state index contributed by atoms with van der Waals surface area (Å²) in [5.74, 6) is 0.399. The lowest BCUT2D eigenvalue weighted by Crippen LogP contribution is -2.44. The van der Waals surface area contributed by atoms with Crippen molar-refractivity contribution >= 4 is 17.5 Å². The topological polar surface area (TPSA) is 46.5 Å². The molecule has 6 heteroatoms. The minimum atomic E-state index is -0.128. The summed E-state index contributed by atoms with van der Waals surface area (Å²) in [6.07, 6.45) is 6.93. The minimum Gasteiger partial charge on any atom is -0.496 e. The van der Waals surface area contributed by atoms with Crippen molar-refractivity contribution in [1.82, 2.24) is 14.8 Å². The van der Waals surface area contributed by atoms with Crippen LogP contribution in [0, 0.1) is 0 Å². The summed E-state index contributed by atoms with van der Waals surface area (Å²) in [4.78, 5) is 15.2. The number of methoxy groups -OCH3 is 1. The van der Waals surface area contributed by atoms with E-state index >= 15 is 0 Å². The van der Waals surface area contributed by atoms with E-state index < -0.39 is 0 Å². The highest BCUT2D eigenvalue weighted by molar-refractivity contribution is 6.33. The first kappa shape index (κ1) is 18.8. The van der Waals surface area contributed by atoms with Crippen LogP contribution in [-0.2, 0) is 0 Å². The molecule has 0 spiro atoms. The molecule has 0 aliphatic carbocycles. The van der Waals surface area contributed by atoms with Crippen LogP contribution in [0.4, 0.5) is 0 Å². The maximum Gasteiger partial charge on any atom is 0.255 e. The molecule has 0 atom stereocenters.